The topological polar surface area (TPSA) is 133 Å². The van der Waals surface area contributed by atoms with E-state index in [0.717, 1.165) is 23.1 Å². The van der Waals surface area contributed by atoms with Gasteiger partial charge >= 0.3 is 6.18 Å². The highest BCUT2D eigenvalue weighted by Crippen LogP contribution is 2.48. The zero-order chi connectivity index (χ0) is 22.8. The van der Waals surface area contributed by atoms with Crippen molar-refractivity contribution in [3.63, 3.8) is 0 Å². The molecule has 0 amide bonds. The summed E-state index contributed by atoms with van der Waals surface area (Å²) in [6.45, 7) is 1.38. The Labute approximate surface area is 170 Å². The second-order valence-electron chi connectivity index (χ2n) is 5.92. The van der Waals surface area contributed by atoms with Crippen LogP contribution in [0.15, 0.2) is 30.3 Å². The maximum atomic E-state index is 13.7. The van der Waals surface area contributed by atoms with Gasteiger partial charge in [-0.3, -0.25) is 30.3 Å². The van der Waals surface area contributed by atoms with Gasteiger partial charge in [0.15, 0.2) is 0 Å². The van der Waals surface area contributed by atoms with E-state index >= 15 is 0 Å². The average molecular weight is 449 g/mol. The molecule has 0 radical (unpaired) electrons. The number of hydrogen-bond donors (Lipinski definition) is 0. The fraction of sp³-hybridized carbons (Fsp3) is 0.250. The first kappa shape index (κ1) is 22.8. The minimum absolute atomic E-state index is 0.161. The summed E-state index contributed by atoms with van der Waals surface area (Å²) in [4.78, 5) is 31.2. The van der Waals surface area contributed by atoms with Crippen LogP contribution in [0.2, 0.25) is 5.02 Å². The Morgan fingerprint density at radius 3 is 2.00 bits per heavy atom. The number of nitrogens with zero attached hydrogens (tertiary/aromatic N) is 4. The van der Waals surface area contributed by atoms with E-state index < -0.39 is 49.3 Å². The summed E-state index contributed by atoms with van der Waals surface area (Å²) in [7, 11) is 0. The fourth-order valence-corrected chi connectivity index (χ4v) is 3.03. The van der Waals surface area contributed by atoms with E-state index in [4.69, 9.17) is 11.6 Å². The Morgan fingerprint density at radius 2 is 1.57 bits per heavy atom. The number of halogens is 4. The first-order valence-electron chi connectivity index (χ1n) is 8.14. The fourth-order valence-electron chi connectivity index (χ4n) is 2.75. The van der Waals surface area contributed by atoms with Gasteiger partial charge in [-0.2, -0.15) is 13.2 Å². The Balaban J connectivity index is 2.90. The molecule has 0 spiro atoms. The third-order valence-electron chi connectivity index (χ3n) is 3.94. The van der Waals surface area contributed by atoms with Gasteiger partial charge < -0.3 is 4.90 Å². The summed E-state index contributed by atoms with van der Waals surface area (Å²) in [5, 5.41) is 33.1. The van der Waals surface area contributed by atoms with E-state index in [2.05, 4.69) is 0 Å². The average Bonchev–Trinajstić information content (AvgIpc) is 2.64. The molecule has 0 aromatic heterocycles. The van der Waals surface area contributed by atoms with Gasteiger partial charge in [0, 0.05) is 24.7 Å². The van der Waals surface area contributed by atoms with Crippen LogP contribution >= 0.6 is 11.6 Å². The van der Waals surface area contributed by atoms with Gasteiger partial charge in [-0.15, -0.1) is 0 Å². The number of alkyl halides is 3. The molecule has 0 aliphatic rings. The highest BCUT2D eigenvalue weighted by Gasteiger charge is 2.42. The van der Waals surface area contributed by atoms with Crippen molar-refractivity contribution in [1.82, 2.24) is 0 Å². The smallest absolute Gasteiger partial charge is 0.334 e. The molecule has 0 atom stereocenters. The van der Waals surface area contributed by atoms with Crippen molar-refractivity contribution in [1.29, 1.82) is 0 Å². The molecule has 2 rings (SSSR count). The molecule has 2 aromatic rings. The molecule has 0 aliphatic carbocycles. The number of benzene rings is 2. The summed E-state index contributed by atoms with van der Waals surface area (Å²) in [6.07, 6.45) is -4.97. The molecule has 0 unspecified atom stereocenters. The number of nitro groups is 3. The van der Waals surface area contributed by atoms with E-state index in [-0.39, 0.29) is 29.7 Å². The van der Waals surface area contributed by atoms with E-state index in [1.807, 2.05) is 0 Å². The van der Waals surface area contributed by atoms with Crippen molar-refractivity contribution in [2.24, 2.45) is 0 Å². The van der Waals surface area contributed by atoms with Crippen molar-refractivity contribution in [3.8, 4) is 0 Å². The van der Waals surface area contributed by atoms with Gasteiger partial charge in [-0.05, 0) is 12.5 Å². The Bertz CT molecular complexity index is 1030. The molecule has 2 aromatic carbocycles. The van der Waals surface area contributed by atoms with Crippen LogP contribution in [0.3, 0.4) is 0 Å². The van der Waals surface area contributed by atoms with Crippen molar-refractivity contribution in [3.05, 3.63) is 71.3 Å². The highest BCUT2D eigenvalue weighted by molar-refractivity contribution is 6.33. The van der Waals surface area contributed by atoms with E-state index in [0.29, 0.717) is 6.07 Å². The number of anilines is 2. The van der Waals surface area contributed by atoms with Crippen LogP contribution in [0.4, 0.5) is 41.6 Å². The van der Waals surface area contributed by atoms with Crippen molar-refractivity contribution in [2.45, 2.75) is 19.5 Å². The lowest BCUT2D eigenvalue weighted by Gasteiger charge is -2.27. The highest BCUT2D eigenvalue weighted by atomic mass is 35.5. The Morgan fingerprint density at radius 1 is 0.967 bits per heavy atom. The van der Waals surface area contributed by atoms with Crippen LogP contribution in [0.5, 0.6) is 0 Å². The van der Waals surface area contributed by atoms with Gasteiger partial charge in [0.2, 0.25) is 0 Å². The van der Waals surface area contributed by atoms with Gasteiger partial charge in [-0.25, -0.2) is 0 Å². The minimum atomic E-state index is -5.18. The van der Waals surface area contributed by atoms with E-state index in [9.17, 15) is 43.5 Å². The zero-order valence-corrected chi connectivity index (χ0v) is 15.8. The van der Waals surface area contributed by atoms with Crippen molar-refractivity contribution < 1.29 is 27.9 Å². The molecule has 0 saturated carbocycles. The van der Waals surface area contributed by atoms with Gasteiger partial charge in [0.05, 0.1) is 37.1 Å². The number of rotatable bonds is 7. The predicted octanol–water partition coefficient (Wildman–Crippen LogP) is 5.63. The molecule has 0 N–H and O–H groups in total. The van der Waals surface area contributed by atoms with E-state index in [1.165, 1.54) is 0 Å². The van der Waals surface area contributed by atoms with Crippen LogP contribution in [-0.2, 0) is 6.18 Å². The third-order valence-corrected chi connectivity index (χ3v) is 4.24. The Kier molecular flexibility index (Phi) is 6.45. The second-order valence-corrected chi connectivity index (χ2v) is 6.32. The molecular formula is C16H12ClF3N4O6. The zero-order valence-electron chi connectivity index (χ0n) is 15.1. The molecule has 10 nitrogen and oxygen atoms in total. The number of non-ortho nitro benzene ring substituents is 2. The quantitative estimate of drug-likeness (QED) is 0.395. The number of hydrogen-bond acceptors (Lipinski definition) is 7. The SMILES string of the molecule is CCCN(c1ccc([N+](=O)[O-])cc1Cl)c1c([N+](=O)[O-])cc([N+](=O)[O-])cc1C(F)(F)F. The largest absolute Gasteiger partial charge is 0.418 e. The summed E-state index contributed by atoms with van der Waals surface area (Å²) < 4.78 is 41.2. The maximum Gasteiger partial charge on any atom is 0.418 e. The summed E-state index contributed by atoms with van der Waals surface area (Å²) in [6, 6.07) is 3.55. The lowest BCUT2D eigenvalue weighted by atomic mass is 10.1. The van der Waals surface area contributed by atoms with Crippen LogP contribution in [0.1, 0.15) is 18.9 Å². The monoisotopic (exact) mass is 448 g/mol. The second kappa shape index (κ2) is 8.49. The first-order valence-corrected chi connectivity index (χ1v) is 8.51. The molecule has 30 heavy (non-hydrogen) atoms. The van der Waals surface area contributed by atoms with E-state index in [1.54, 1.807) is 6.92 Å². The van der Waals surface area contributed by atoms with Gasteiger partial charge in [0.1, 0.15) is 5.69 Å². The van der Waals surface area contributed by atoms with Crippen LogP contribution < -0.4 is 4.90 Å². The molecule has 160 valence electrons. The van der Waals surface area contributed by atoms with Crippen LogP contribution in [0, 0.1) is 30.3 Å². The van der Waals surface area contributed by atoms with Crippen molar-refractivity contribution >= 4 is 40.0 Å². The molecular weight excluding hydrogens is 437 g/mol. The maximum absolute atomic E-state index is 13.7. The molecule has 0 saturated heterocycles. The van der Waals surface area contributed by atoms with Gasteiger partial charge in [0.25, 0.3) is 17.1 Å². The van der Waals surface area contributed by atoms with Gasteiger partial charge in [-0.1, -0.05) is 18.5 Å². The lowest BCUT2D eigenvalue weighted by Crippen LogP contribution is -2.24. The minimum Gasteiger partial charge on any atom is -0.334 e. The van der Waals surface area contributed by atoms with Crippen LogP contribution in [0.25, 0.3) is 0 Å². The normalized spacial score (nSPS) is 11.2. The third kappa shape index (κ3) is 4.56. The summed E-state index contributed by atoms with van der Waals surface area (Å²) in [5.41, 5.74) is -5.41. The number of nitro benzene ring substituents is 3. The standard InChI is InChI=1S/C16H12ClF3N4O6/c1-2-5-21(13-4-3-9(22(25)26)7-12(13)17)15-11(16(18,19)20)6-10(23(27)28)8-14(15)24(29)30/h3-4,6-8H,2,5H2,1H3. The van der Waals surface area contributed by atoms with Crippen molar-refractivity contribution in [2.75, 3.05) is 11.4 Å². The van der Waals surface area contributed by atoms with Crippen LogP contribution in [-0.4, -0.2) is 21.3 Å². The first-order chi connectivity index (χ1) is 13.9. The lowest BCUT2D eigenvalue weighted by molar-refractivity contribution is -0.394. The predicted molar refractivity (Wildman–Crippen MR) is 100 cm³/mol. The Hall–Kier alpha value is -3.48. The molecule has 0 bridgehead atoms. The summed E-state index contributed by atoms with van der Waals surface area (Å²) >= 11 is 6.03. The molecule has 0 aliphatic heterocycles. The molecule has 0 heterocycles. The molecule has 0 fully saturated rings. The summed E-state index contributed by atoms with van der Waals surface area (Å²) in [5.74, 6) is 0. The molecule has 14 heteroatoms.